The molecule has 1 fully saturated rings. The molecule has 1 saturated heterocycles. The number of thioether (sulfide) groups is 1. The Hall–Kier alpha value is -0.440. The largest absolute Gasteiger partial charge is 0.464 e. The maximum Gasteiger partial charge on any atom is 0.319 e. The van der Waals surface area contributed by atoms with Crippen molar-refractivity contribution in [3.8, 4) is 0 Å². The molecule has 0 radical (unpaired) electrons. The van der Waals surface area contributed by atoms with Crippen LogP contribution < -0.4 is 0 Å². The molecule has 0 N–H and O–H groups in total. The maximum atomic E-state index is 11.3. The Labute approximate surface area is 83.7 Å². The predicted octanol–water partition coefficient (Wildman–Crippen LogP) is 2.25. The van der Waals surface area contributed by atoms with Gasteiger partial charge in [-0.15, -0.1) is 18.3 Å². The van der Waals surface area contributed by atoms with Crippen LogP contribution in [0.15, 0.2) is 12.7 Å². The summed E-state index contributed by atoms with van der Waals surface area (Å²) in [4.78, 5) is 11.3. The molecule has 0 bridgehead atoms. The SMILES string of the molecule is C=CC[C@H]1S[C@H](C(C)C)COC1=O. The first-order valence-electron chi connectivity index (χ1n) is 4.58. The van der Waals surface area contributed by atoms with Gasteiger partial charge < -0.3 is 4.74 Å². The molecule has 1 rings (SSSR count). The highest BCUT2D eigenvalue weighted by Crippen LogP contribution is 2.31. The molecule has 0 aromatic rings. The van der Waals surface area contributed by atoms with Gasteiger partial charge in [0.05, 0.1) is 0 Å². The Morgan fingerprint density at radius 1 is 1.77 bits per heavy atom. The molecule has 1 aliphatic rings. The van der Waals surface area contributed by atoms with Gasteiger partial charge in [0.2, 0.25) is 0 Å². The second-order valence-electron chi connectivity index (χ2n) is 3.56. The molecule has 13 heavy (non-hydrogen) atoms. The predicted molar refractivity (Wildman–Crippen MR) is 55.8 cm³/mol. The minimum atomic E-state index is -0.0817. The summed E-state index contributed by atoms with van der Waals surface area (Å²) in [6.45, 7) is 8.51. The number of carbonyl (C=O) groups is 1. The van der Waals surface area contributed by atoms with Crippen LogP contribution in [0.25, 0.3) is 0 Å². The van der Waals surface area contributed by atoms with Gasteiger partial charge in [-0.2, -0.15) is 0 Å². The lowest BCUT2D eigenvalue weighted by Gasteiger charge is -2.29. The molecule has 0 saturated carbocycles. The molecule has 0 aromatic carbocycles. The zero-order chi connectivity index (χ0) is 9.84. The second-order valence-corrected chi connectivity index (χ2v) is 5.01. The zero-order valence-corrected chi connectivity index (χ0v) is 8.97. The highest BCUT2D eigenvalue weighted by Gasteiger charge is 2.31. The first kappa shape index (κ1) is 10.6. The topological polar surface area (TPSA) is 26.3 Å². The van der Waals surface area contributed by atoms with Crippen molar-refractivity contribution in [1.29, 1.82) is 0 Å². The molecule has 3 heteroatoms. The van der Waals surface area contributed by atoms with Crippen LogP contribution in [-0.4, -0.2) is 23.1 Å². The van der Waals surface area contributed by atoms with Crippen LogP contribution in [0, 0.1) is 5.92 Å². The van der Waals surface area contributed by atoms with Gasteiger partial charge in [0.25, 0.3) is 0 Å². The molecule has 74 valence electrons. The monoisotopic (exact) mass is 200 g/mol. The van der Waals surface area contributed by atoms with Crippen molar-refractivity contribution in [3.05, 3.63) is 12.7 Å². The summed E-state index contributed by atoms with van der Waals surface area (Å²) in [5.74, 6) is 0.479. The van der Waals surface area contributed by atoms with Crippen molar-refractivity contribution < 1.29 is 9.53 Å². The molecule has 1 heterocycles. The summed E-state index contributed by atoms with van der Waals surface area (Å²) in [7, 11) is 0. The van der Waals surface area contributed by atoms with Crippen LogP contribution in [0.5, 0.6) is 0 Å². The number of hydrogen-bond acceptors (Lipinski definition) is 3. The molecule has 2 atom stereocenters. The summed E-state index contributed by atoms with van der Waals surface area (Å²) >= 11 is 1.73. The van der Waals surface area contributed by atoms with E-state index in [2.05, 4.69) is 20.4 Å². The molecule has 2 nitrogen and oxygen atoms in total. The van der Waals surface area contributed by atoms with E-state index in [1.54, 1.807) is 17.8 Å². The Morgan fingerprint density at radius 3 is 3.00 bits per heavy atom. The summed E-state index contributed by atoms with van der Waals surface area (Å²) in [5, 5.41) is 0.418. The molecule has 0 aliphatic carbocycles. The fourth-order valence-electron chi connectivity index (χ4n) is 1.22. The number of hydrogen-bond donors (Lipinski definition) is 0. The Balaban J connectivity index is 2.52. The smallest absolute Gasteiger partial charge is 0.319 e. The second kappa shape index (κ2) is 4.70. The number of allylic oxidation sites excluding steroid dienone is 1. The van der Waals surface area contributed by atoms with E-state index in [-0.39, 0.29) is 11.2 Å². The summed E-state index contributed by atoms with van der Waals surface area (Å²) in [5.41, 5.74) is 0. The first-order chi connectivity index (χ1) is 6.15. The lowest BCUT2D eigenvalue weighted by molar-refractivity contribution is -0.143. The van der Waals surface area contributed by atoms with E-state index >= 15 is 0 Å². The van der Waals surface area contributed by atoms with Crippen molar-refractivity contribution in [2.24, 2.45) is 5.92 Å². The van der Waals surface area contributed by atoms with Gasteiger partial charge >= 0.3 is 5.97 Å². The van der Waals surface area contributed by atoms with Crippen LogP contribution in [0.1, 0.15) is 20.3 Å². The van der Waals surface area contributed by atoms with Gasteiger partial charge in [0.1, 0.15) is 11.9 Å². The number of rotatable bonds is 3. The van der Waals surface area contributed by atoms with E-state index in [1.165, 1.54) is 0 Å². The van der Waals surface area contributed by atoms with E-state index in [4.69, 9.17) is 4.74 Å². The number of cyclic esters (lactones) is 1. The van der Waals surface area contributed by atoms with Gasteiger partial charge in [-0.3, -0.25) is 4.79 Å². The lowest BCUT2D eigenvalue weighted by atomic mass is 10.1. The summed E-state index contributed by atoms with van der Waals surface area (Å²) in [6, 6.07) is 0. The molecular formula is C10H16O2S. The highest BCUT2D eigenvalue weighted by atomic mass is 32.2. The Morgan fingerprint density at radius 2 is 2.46 bits per heavy atom. The van der Waals surface area contributed by atoms with E-state index in [0.29, 0.717) is 24.2 Å². The fourth-order valence-corrected chi connectivity index (χ4v) is 2.52. The summed E-state index contributed by atoms with van der Waals surface area (Å²) in [6.07, 6.45) is 2.49. The number of carbonyl (C=O) groups excluding carboxylic acids is 1. The van der Waals surface area contributed by atoms with Crippen molar-refractivity contribution in [2.45, 2.75) is 30.8 Å². The van der Waals surface area contributed by atoms with Gasteiger partial charge in [-0.1, -0.05) is 19.9 Å². The molecule has 0 aromatic heterocycles. The minimum Gasteiger partial charge on any atom is -0.464 e. The van der Waals surface area contributed by atoms with Crippen LogP contribution in [0.2, 0.25) is 0 Å². The van der Waals surface area contributed by atoms with E-state index < -0.39 is 0 Å². The van der Waals surface area contributed by atoms with E-state index in [0.717, 1.165) is 0 Å². The average Bonchev–Trinajstić information content (AvgIpc) is 2.08. The average molecular weight is 200 g/mol. The van der Waals surface area contributed by atoms with Gasteiger partial charge in [-0.05, 0) is 12.3 Å². The highest BCUT2D eigenvalue weighted by molar-refractivity contribution is 8.01. The standard InChI is InChI=1S/C10H16O2S/c1-4-5-8-10(11)12-6-9(13-8)7(2)3/h4,7-9H,1,5-6H2,2-3H3/t8-,9+/m1/s1. The van der Waals surface area contributed by atoms with Crippen molar-refractivity contribution in [2.75, 3.05) is 6.61 Å². The zero-order valence-electron chi connectivity index (χ0n) is 8.16. The minimum absolute atomic E-state index is 0.0290. The van der Waals surface area contributed by atoms with Gasteiger partial charge in [0.15, 0.2) is 0 Å². The third-order valence-corrected chi connectivity index (χ3v) is 3.86. The van der Waals surface area contributed by atoms with Crippen LogP contribution >= 0.6 is 11.8 Å². The molecule has 0 amide bonds. The quantitative estimate of drug-likeness (QED) is 0.516. The van der Waals surface area contributed by atoms with E-state index in [9.17, 15) is 4.79 Å². The maximum absolute atomic E-state index is 11.3. The van der Waals surface area contributed by atoms with Crippen molar-refractivity contribution in [3.63, 3.8) is 0 Å². The van der Waals surface area contributed by atoms with Crippen molar-refractivity contribution >= 4 is 17.7 Å². The molecular weight excluding hydrogens is 184 g/mol. The molecule has 0 spiro atoms. The van der Waals surface area contributed by atoms with Crippen LogP contribution in [-0.2, 0) is 9.53 Å². The lowest BCUT2D eigenvalue weighted by Crippen LogP contribution is -2.35. The number of esters is 1. The van der Waals surface area contributed by atoms with Crippen LogP contribution in [0.4, 0.5) is 0 Å². The summed E-state index contributed by atoms with van der Waals surface area (Å²) < 4.78 is 5.11. The first-order valence-corrected chi connectivity index (χ1v) is 5.52. The third kappa shape index (κ3) is 2.76. The Bertz CT molecular complexity index is 201. The van der Waals surface area contributed by atoms with Gasteiger partial charge in [-0.25, -0.2) is 0 Å². The van der Waals surface area contributed by atoms with E-state index in [1.807, 2.05) is 0 Å². The molecule has 0 unspecified atom stereocenters. The Kier molecular flexibility index (Phi) is 3.85. The normalized spacial score (nSPS) is 28.7. The number of ether oxygens (including phenoxy) is 1. The fraction of sp³-hybridized carbons (Fsp3) is 0.700. The molecule has 1 aliphatic heterocycles. The van der Waals surface area contributed by atoms with Crippen LogP contribution in [0.3, 0.4) is 0 Å². The van der Waals surface area contributed by atoms with Crippen molar-refractivity contribution in [1.82, 2.24) is 0 Å². The van der Waals surface area contributed by atoms with Gasteiger partial charge in [0, 0.05) is 5.25 Å². The third-order valence-electron chi connectivity index (χ3n) is 2.12.